The summed E-state index contributed by atoms with van der Waals surface area (Å²) < 4.78 is 6.32. The van der Waals surface area contributed by atoms with E-state index in [9.17, 15) is 0 Å². The zero-order chi connectivity index (χ0) is 13.2. The van der Waals surface area contributed by atoms with Gasteiger partial charge in [0.1, 0.15) is 5.75 Å². The third-order valence-electron chi connectivity index (χ3n) is 4.09. The number of rotatable bonds is 6. The van der Waals surface area contributed by atoms with Crippen LogP contribution in [-0.2, 0) is 6.42 Å². The molecule has 0 bridgehead atoms. The molecule has 1 N–H and O–H groups in total. The van der Waals surface area contributed by atoms with Gasteiger partial charge in [0.2, 0.25) is 0 Å². The molecule has 0 heterocycles. The van der Waals surface area contributed by atoms with Crippen molar-refractivity contribution in [3.63, 3.8) is 0 Å². The molecule has 0 radical (unpaired) electrons. The fourth-order valence-corrected chi connectivity index (χ4v) is 3.26. The molecule has 1 fully saturated rings. The van der Waals surface area contributed by atoms with E-state index in [1.807, 2.05) is 6.07 Å². The minimum atomic E-state index is 0.476. The predicted octanol–water partition coefficient (Wildman–Crippen LogP) is 3.78. The first-order valence-corrected chi connectivity index (χ1v) is 7.46. The van der Waals surface area contributed by atoms with Crippen molar-refractivity contribution in [3.8, 4) is 5.75 Å². The second-order valence-corrected chi connectivity index (χ2v) is 6.14. The Kier molecular flexibility index (Phi) is 4.33. The predicted molar refractivity (Wildman–Crippen MR) is 79.2 cm³/mol. The molecular weight excluding hydrogens is 290 g/mol. The molecule has 0 spiro atoms. The van der Waals surface area contributed by atoms with Crippen molar-refractivity contribution in [1.82, 2.24) is 5.32 Å². The van der Waals surface area contributed by atoms with Crippen molar-refractivity contribution in [2.24, 2.45) is 5.41 Å². The Morgan fingerprint density at radius 1 is 1.44 bits per heavy atom. The van der Waals surface area contributed by atoms with Gasteiger partial charge in [0, 0.05) is 6.04 Å². The summed E-state index contributed by atoms with van der Waals surface area (Å²) in [6.45, 7) is 5.54. The molecule has 0 amide bonds. The fourth-order valence-electron chi connectivity index (χ4n) is 2.67. The standard InChI is InChI=1S/C15H22BrNO/c1-4-17-11(2)15(7-8-15)10-12-5-6-14(18-3)13(16)9-12/h5-6,9,11,17H,4,7-8,10H2,1-3H3. The third-order valence-corrected chi connectivity index (χ3v) is 4.71. The first-order valence-electron chi connectivity index (χ1n) is 6.67. The number of halogens is 1. The van der Waals surface area contributed by atoms with Gasteiger partial charge in [-0.2, -0.15) is 0 Å². The van der Waals surface area contributed by atoms with Gasteiger partial charge in [0.25, 0.3) is 0 Å². The van der Waals surface area contributed by atoms with Crippen LogP contribution >= 0.6 is 15.9 Å². The van der Waals surface area contributed by atoms with Gasteiger partial charge < -0.3 is 10.1 Å². The van der Waals surface area contributed by atoms with Crippen molar-refractivity contribution >= 4 is 15.9 Å². The van der Waals surface area contributed by atoms with Crippen LogP contribution in [0.2, 0.25) is 0 Å². The number of ether oxygens (including phenoxy) is 1. The molecule has 1 aromatic rings. The second-order valence-electron chi connectivity index (χ2n) is 5.29. The maximum absolute atomic E-state index is 5.27. The number of hydrogen-bond acceptors (Lipinski definition) is 2. The molecule has 2 rings (SSSR count). The van der Waals surface area contributed by atoms with Gasteiger partial charge in [-0.05, 0) is 71.8 Å². The van der Waals surface area contributed by atoms with Crippen molar-refractivity contribution < 1.29 is 4.74 Å². The Hall–Kier alpha value is -0.540. The van der Waals surface area contributed by atoms with Gasteiger partial charge >= 0.3 is 0 Å². The summed E-state index contributed by atoms with van der Waals surface area (Å²) in [7, 11) is 1.70. The fraction of sp³-hybridized carbons (Fsp3) is 0.600. The monoisotopic (exact) mass is 311 g/mol. The van der Waals surface area contributed by atoms with E-state index in [-0.39, 0.29) is 0 Å². The van der Waals surface area contributed by atoms with Crippen LogP contribution in [0.3, 0.4) is 0 Å². The molecule has 1 aromatic carbocycles. The van der Waals surface area contributed by atoms with Crippen LogP contribution in [-0.4, -0.2) is 19.7 Å². The topological polar surface area (TPSA) is 21.3 Å². The number of hydrogen-bond donors (Lipinski definition) is 1. The van der Waals surface area contributed by atoms with Gasteiger partial charge in [-0.15, -0.1) is 0 Å². The molecule has 0 saturated heterocycles. The van der Waals surface area contributed by atoms with E-state index in [0.717, 1.165) is 23.2 Å². The quantitative estimate of drug-likeness (QED) is 0.863. The highest BCUT2D eigenvalue weighted by atomic mass is 79.9. The van der Waals surface area contributed by atoms with Gasteiger partial charge in [0.05, 0.1) is 11.6 Å². The summed E-state index contributed by atoms with van der Waals surface area (Å²) in [5.74, 6) is 0.906. The van der Waals surface area contributed by atoms with E-state index >= 15 is 0 Å². The van der Waals surface area contributed by atoms with E-state index in [0.29, 0.717) is 11.5 Å². The SMILES string of the molecule is CCNC(C)C1(Cc2ccc(OC)c(Br)c2)CC1. The van der Waals surface area contributed by atoms with Crippen LogP contribution in [0.15, 0.2) is 22.7 Å². The highest BCUT2D eigenvalue weighted by molar-refractivity contribution is 9.10. The molecule has 1 aliphatic carbocycles. The summed E-state index contributed by atoms with van der Waals surface area (Å²) in [5, 5.41) is 3.57. The second kappa shape index (κ2) is 5.62. The molecule has 3 heteroatoms. The first kappa shape index (κ1) is 13.9. The first-order chi connectivity index (χ1) is 8.61. The Bertz CT molecular complexity index is 415. The number of benzene rings is 1. The third kappa shape index (κ3) is 2.89. The average Bonchev–Trinajstić information content (AvgIpc) is 3.11. The summed E-state index contributed by atoms with van der Waals surface area (Å²) in [6, 6.07) is 7.02. The largest absolute Gasteiger partial charge is 0.496 e. The van der Waals surface area contributed by atoms with Gasteiger partial charge in [0.15, 0.2) is 0 Å². The summed E-state index contributed by atoms with van der Waals surface area (Å²) in [5.41, 5.74) is 1.87. The van der Waals surface area contributed by atoms with E-state index in [2.05, 4.69) is 47.2 Å². The number of nitrogens with one attached hydrogen (secondary N) is 1. The molecule has 2 nitrogen and oxygen atoms in total. The van der Waals surface area contributed by atoms with Gasteiger partial charge in [-0.3, -0.25) is 0 Å². The molecular formula is C15H22BrNO. The molecule has 1 unspecified atom stereocenters. The van der Waals surface area contributed by atoms with Crippen molar-refractivity contribution in [3.05, 3.63) is 28.2 Å². The van der Waals surface area contributed by atoms with Crippen LogP contribution < -0.4 is 10.1 Å². The lowest BCUT2D eigenvalue weighted by molar-refractivity contribution is 0.355. The normalized spacial score (nSPS) is 18.4. The molecule has 1 aliphatic rings. The Morgan fingerprint density at radius 3 is 2.67 bits per heavy atom. The Labute approximate surface area is 118 Å². The molecule has 18 heavy (non-hydrogen) atoms. The van der Waals surface area contributed by atoms with Gasteiger partial charge in [-0.25, -0.2) is 0 Å². The van der Waals surface area contributed by atoms with E-state index in [1.165, 1.54) is 18.4 Å². The zero-order valence-electron chi connectivity index (χ0n) is 11.4. The van der Waals surface area contributed by atoms with Crippen LogP contribution in [0, 0.1) is 5.41 Å². The van der Waals surface area contributed by atoms with Crippen molar-refractivity contribution in [2.75, 3.05) is 13.7 Å². The van der Waals surface area contributed by atoms with Crippen LogP contribution in [0.5, 0.6) is 5.75 Å². The maximum Gasteiger partial charge on any atom is 0.133 e. The smallest absolute Gasteiger partial charge is 0.133 e. The summed E-state index contributed by atoms with van der Waals surface area (Å²) in [6.07, 6.45) is 3.83. The zero-order valence-corrected chi connectivity index (χ0v) is 13.0. The van der Waals surface area contributed by atoms with Crippen LogP contribution in [0.25, 0.3) is 0 Å². The van der Waals surface area contributed by atoms with E-state index < -0.39 is 0 Å². The van der Waals surface area contributed by atoms with Crippen molar-refractivity contribution in [1.29, 1.82) is 0 Å². The van der Waals surface area contributed by atoms with Gasteiger partial charge in [-0.1, -0.05) is 13.0 Å². The molecule has 1 atom stereocenters. The molecule has 0 aromatic heterocycles. The van der Waals surface area contributed by atoms with Crippen molar-refractivity contribution in [2.45, 2.75) is 39.2 Å². The number of methoxy groups -OCH3 is 1. The molecule has 1 saturated carbocycles. The highest BCUT2D eigenvalue weighted by Gasteiger charge is 2.46. The lowest BCUT2D eigenvalue weighted by Gasteiger charge is -2.24. The van der Waals surface area contributed by atoms with Crippen LogP contribution in [0.1, 0.15) is 32.3 Å². The highest BCUT2D eigenvalue weighted by Crippen LogP contribution is 2.51. The minimum absolute atomic E-state index is 0.476. The molecule has 100 valence electrons. The van der Waals surface area contributed by atoms with E-state index in [4.69, 9.17) is 4.74 Å². The van der Waals surface area contributed by atoms with Crippen LogP contribution in [0.4, 0.5) is 0 Å². The molecule has 0 aliphatic heterocycles. The maximum atomic E-state index is 5.27. The van der Waals surface area contributed by atoms with E-state index in [1.54, 1.807) is 7.11 Å². The Balaban J connectivity index is 2.07. The minimum Gasteiger partial charge on any atom is -0.496 e. The Morgan fingerprint density at radius 2 is 2.17 bits per heavy atom. The summed E-state index contributed by atoms with van der Waals surface area (Å²) >= 11 is 3.56. The summed E-state index contributed by atoms with van der Waals surface area (Å²) in [4.78, 5) is 0. The lowest BCUT2D eigenvalue weighted by atomic mass is 9.90. The average molecular weight is 312 g/mol. The lowest BCUT2D eigenvalue weighted by Crippen LogP contribution is -2.35.